The van der Waals surface area contributed by atoms with Crippen LogP contribution >= 0.6 is 0 Å². The molecular formula is C29H23N3O3. The largest absolute Gasteiger partial charge is 0.506 e. The van der Waals surface area contributed by atoms with Gasteiger partial charge in [0.05, 0.1) is 5.56 Å². The van der Waals surface area contributed by atoms with Crippen LogP contribution in [0.3, 0.4) is 0 Å². The Hall–Kier alpha value is -4.63. The molecule has 1 aliphatic heterocycles. The summed E-state index contributed by atoms with van der Waals surface area (Å²) in [5.74, 6) is 5.40. The molecule has 1 atom stereocenters. The highest BCUT2D eigenvalue weighted by Gasteiger charge is 2.35. The fourth-order valence-corrected chi connectivity index (χ4v) is 4.34. The Labute approximate surface area is 203 Å². The van der Waals surface area contributed by atoms with Gasteiger partial charge in [0.15, 0.2) is 0 Å². The maximum absolute atomic E-state index is 13.3. The summed E-state index contributed by atoms with van der Waals surface area (Å²) < 4.78 is 0. The summed E-state index contributed by atoms with van der Waals surface area (Å²) >= 11 is 0. The number of pyridine rings is 1. The maximum atomic E-state index is 13.3. The number of phenolic OH excluding ortho intramolecular Hbond substituents is 1. The van der Waals surface area contributed by atoms with Gasteiger partial charge in [0.25, 0.3) is 5.91 Å². The molecule has 0 bridgehead atoms. The van der Waals surface area contributed by atoms with Crippen LogP contribution in [-0.2, 0) is 4.79 Å². The predicted molar refractivity (Wildman–Crippen MR) is 135 cm³/mol. The Bertz CT molecular complexity index is 1470. The Morgan fingerprint density at radius 3 is 2.69 bits per heavy atom. The zero-order valence-corrected chi connectivity index (χ0v) is 18.9. The van der Waals surface area contributed by atoms with Crippen LogP contribution in [0.5, 0.6) is 5.75 Å². The van der Waals surface area contributed by atoms with Gasteiger partial charge >= 0.3 is 0 Å². The van der Waals surface area contributed by atoms with E-state index in [2.05, 4.69) is 22.1 Å². The van der Waals surface area contributed by atoms with Crippen molar-refractivity contribution in [2.75, 3.05) is 11.9 Å². The normalized spacial score (nSPS) is 14.9. The van der Waals surface area contributed by atoms with Crippen molar-refractivity contribution in [3.63, 3.8) is 0 Å². The topological polar surface area (TPSA) is 82.5 Å². The molecule has 3 aromatic carbocycles. The fourth-order valence-electron chi connectivity index (χ4n) is 4.34. The number of hydrogen-bond donors (Lipinski definition) is 2. The van der Waals surface area contributed by atoms with Gasteiger partial charge in [0.2, 0.25) is 5.91 Å². The SMILES string of the molecule is O=C(Nc1cccc(C#Cc2ccccn2)c1)C1CCCN1C(=O)c1ccc2ccccc2c1O. The summed E-state index contributed by atoms with van der Waals surface area (Å²) in [6.45, 7) is 0.457. The Balaban J connectivity index is 1.33. The number of aromatic hydroxyl groups is 1. The van der Waals surface area contributed by atoms with E-state index in [0.29, 0.717) is 36.2 Å². The average Bonchev–Trinajstić information content (AvgIpc) is 3.39. The van der Waals surface area contributed by atoms with Crippen molar-refractivity contribution in [3.05, 3.63) is 102 Å². The van der Waals surface area contributed by atoms with Crippen molar-refractivity contribution in [1.29, 1.82) is 0 Å². The Morgan fingerprint density at radius 2 is 1.83 bits per heavy atom. The van der Waals surface area contributed by atoms with Gasteiger partial charge in [-0.2, -0.15) is 0 Å². The number of amides is 2. The van der Waals surface area contributed by atoms with Crippen LogP contribution in [0.1, 0.15) is 34.5 Å². The van der Waals surface area contributed by atoms with Crippen LogP contribution in [0.4, 0.5) is 5.69 Å². The van der Waals surface area contributed by atoms with Crippen LogP contribution in [0, 0.1) is 11.8 Å². The lowest BCUT2D eigenvalue weighted by Gasteiger charge is -2.24. The minimum atomic E-state index is -0.614. The zero-order chi connectivity index (χ0) is 24.2. The molecule has 6 nitrogen and oxygen atoms in total. The third kappa shape index (κ3) is 4.71. The van der Waals surface area contributed by atoms with Gasteiger partial charge in [-0.05, 0) is 60.5 Å². The van der Waals surface area contributed by atoms with E-state index in [1.807, 2.05) is 54.6 Å². The minimum absolute atomic E-state index is 0.0571. The molecule has 2 N–H and O–H groups in total. The lowest BCUT2D eigenvalue weighted by Crippen LogP contribution is -2.43. The van der Waals surface area contributed by atoms with Crippen LogP contribution in [-0.4, -0.2) is 39.4 Å². The van der Waals surface area contributed by atoms with E-state index in [9.17, 15) is 14.7 Å². The average molecular weight is 462 g/mol. The number of fused-ring (bicyclic) bond motifs is 1. The van der Waals surface area contributed by atoms with Crippen LogP contribution in [0.15, 0.2) is 85.1 Å². The van der Waals surface area contributed by atoms with Crippen LogP contribution < -0.4 is 5.32 Å². The molecule has 5 rings (SSSR count). The Kier molecular flexibility index (Phi) is 6.15. The highest BCUT2D eigenvalue weighted by atomic mass is 16.3. The van der Waals surface area contributed by atoms with Crippen molar-refractivity contribution in [3.8, 4) is 17.6 Å². The number of anilines is 1. The van der Waals surface area contributed by atoms with Gasteiger partial charge in [0.1, 0.15) is 17.5 Å². The number of benzene rings is 3. The summed E-state index contributed by atoms with van der Waals surface area (Å²) in [7, 11) is 0. The van der Waals surface area contributed by atoms with Crippen molar-refractivity contribution in [2.24, 2.45) is 0 Å². The van der Waals surface area contributed by atoms with Gasteiger partial charge in [-0.1, -0.05) is 48.4 Å². The molecule has 1 unspecified atom stereocenters. The zero-order valence-electron chi connectivity index (χ0n) is 18.9. The van der Waals surface area contributed by atoms with Gasteiger partial charge in [-0.25, -0.2) is 4.98 Å². The minimum Gasteiger partial charge on any atom is -0.506 e. The molecule has 2 amide bonds. The van der Waals surface area contributed by atoms with E-state index in [1.165, 1.54) is 0 Å². The number of phenols is 1. The highest BCUT2D eigenvalue weighted by molar-refractivity contribution is 6.06. The number of hydrogen-bond acceptors (Lipinski definition) is 4. The molecule has 1 saturated heterocycles. The molecular weight excluding hydrogens is 438 g/mol. The van der Waals surface area contributed by atoms with Gasteiger partial charge in [0, 0.05) is 29.4 Å². The summed E-state index contributed by atoms with van der Waals surface area (Å²) in [5, 5.41) is 15.1. The van der Waals surface area contributed by atoms with E-state index in [-0.39, 0.29) is 23.1 Å². The molecule has 0 spiro atoms. The summed E-state index contributed by atoms with van der Waals surface area (Å²) in [6, 6.07) is 23.0. The molecule has 172 valence electrons. The second kappa shape index (κ2) is 9.70. The lowest BCUT2D eigenvalue weighted by atomic mass is 10.0. The van der Waals surface area contributed by atoms with Crippen molar-refractivity contribution in [1.82, 2.24) is 9.88 Å². The monoisotopic (exact) mass is 461 g/mol. The first-order chi connectivity index (χ1) is 17.1. The summed E-state index contributed by atoms with van der Waals surface area (Å²) in [5.41, 5.74) is 2.22. The number of nitrogens with zero attached hydrogens (tertiary/aromatic N) is 2. The summed E-state index contributed by atoms with van der Waals surface area (Å²) in [4.78, 5) is 32.2. The smallest absolute Gasteiger partial charge is 0.258 e. The molecule has 1 aromatic heterocycles. The molecule has 2 heterocycles. The van der Waals surface area contributed by atoms with E-state index in [0.717, 1.165) is 10.9 Å². The number of carbonyl (C=O) groups is 2. The third-order valence-corrected chi connectivity index (χ3v) is 6.08. The van der Waals surface area contributed by atoms with E-state index < -0.39 is 6.04 Å². The number of likely N-dealkylation sites (tertiary alicyclic amines) is 1. The second-order valence-corrected chi connectivity index (χ2v) is 8.37. The van der Waals surface area contributed by atoms with E-state index in [4.69, 9.17) is 0 Å². The Morgan fingerprint density at radius 1 is 0.971 bits per heavy atom. The fraction of sp³-hybridized carbons (Fsp3) is 0.138. The number of rotatable bonds is 3. The van der Waals surface area contributed by atoms with Crippen LogP contribution in [0.2, 0.25) is 0 Å². The first kappa shape index (κ1) is 22.2. The molecule has 0 aliphatic carbocycles. The molecule has 0 saturated carbocycles. The van der Waals surface area contributed by atoms with Crippen molar-refractivity contribution >= 4 is 28.3 Å². The quantitative estimate of drug-likeness (QED) is 0.438. The first-order valence-electron chi connectivity index (χ1n) is 11.5. The summed E-state index contributed by atoms with van der Waals surface area (Å²) in [6.07, 6.45) is 2.96. The number of aromatic nitrogens is 1. The van der Waals surface area contributed by atoms with Crippen LogP contribution in [0.25, 0.3) is 10.8 Å². The third-order valence-electron chi connectivity index (χ3n) is 6.08. The molecule has 6 heteroatoms. The molecule has 0 radical (unpaired) electrons. The molecule has 1 aliphatic rings. The maximum Gasteiger partial charge on any atom is 0.258 e. The van der Waals surface area contributed by atoms with Crippen molar-refractivity contribution in [2.45, 2.75) is 18.9 Å². The predicted octanol–water partition coefficient (Wildman–Crippen LogP) is 4.58. The van der Waals surface area contributed by atoms with Crippen molar-refractivity contribution < 1.29 is 14.7 Å². The molecule has 4 aromatic rings. The number of nitrogens with one attached hydrogen (secondary N) is 1. The molecule has 35 heavy (non-hydrogen) atoms. The van der Waals surface area contributed by atoms with E-state index >= 15 is 0 Å². The van der Waals surface area contributed by atoms with E-state index in [1.54, 1.807) is 35.4 Å². The first-order valence-corrected chi connectivity index (χ1v) is 11.5. The van der Waals surface area contributed by atoms with Gasteiger partial charge in [-0.15, -0.1) is 0 Å². The molecule has 1 fully saturated rings. The standard InChI is InChI=1S/C29H23N3O3/c33-27-24-11-2-1-8-21(24)14-16-25(27)29(35)32-18-6-12-26(32)28(34)31-23-10-5-7-20(19-23)13-15-22-9-3-4-17-30-22/h1-5,7-11,14,16-17,19,26,33H,6,12,18H2,(H,31,34). The second-order valence-electron chi connectivity index (χ2n) is 8.37. The van der Waals surface area contributed by atoms with Gasteiger partial charge in [-0.3, -0.25) is 9.59 Å². The highest BCUT2D eigenvalue weighted by Crippen LogP contribution is 2.31. The van der Waals surface area contributed by atoms with Gasteiger partial charge < -0.3 is 15.3 Å². The lowest BCUT2D eigenvalue weighted by molar-refractivity contribution is -0.119. The number of carbonyl (C=O) groups excluding carboxylic acids is 2.